The lowest BCUT2D eigenvalue weighted by Crippen LogP contribution is -2.44. The van der Waals surface area contributed by atoms with Gasteiger partial charge in [0.05, 0.1) is 22.1 Å². The minimum Gasteiger partial charge on any atom is -0.410 e. The van der Waals surface area contributed by atoms with Crippen molar-refractivity contribution in [3.63, 3.8) is 0 Å². The van der Waals surface area contributed by atoms with Gasteiger partial charge in [-0.2, -0.15) is 0 Å². The van der Waals surface area contributed by atoms with Crippen molar-refractivity contribution >= 4 is 33.3 Å². The van der Waals surface area contributed by atoms with Gasteiger partial charge in [-0.15, -0.1) is 0 Å². The van der Waals surface area contributed by atoms with Gasteiger partial charge in [0.1, 0.15) is 5.04 Å². The Kier molecular flexibility index (Phi) is 5.22. The second kappa shape index (κ2) is 8.06. The number of hydrogen-bond donors (Lipinski definition) is 1. The van der Waals surface area contributed by atoms with E-state index in [2.05, 4.69) is 5.16 Å². The second-order valence-corrected chi connectivity index (χ2v) is 9.60. The first-order chi connectivity index (χ1) is 15.5. The van der Waals surface area contributed by atoms with Crippen molar-refractivity contribution in [1.29, 1.82) is 0 Å². The van der Waals surface area contributed by atoms with Crippen molar-refractivity contribution in [1.82, 2.24) is 0 Å². The molecule has 0 bridgehead atoms. The van der Waals surface area contributed by atoms with E-state index in [1.807, 2.05) is 86.6 Å². The number of benzene rings is 3. The van der Waals surface area contributed by atoms with Crippen molar-refractivity contribution in [2.45, 2.75) is 32.6 Å². The van der Waals surface area contributed by atoms with E-state index in [0.29, 0.717) is 16.5 Å². The smallest absolute Gasteiger partial charge is 0.176 e. The Labute approximate surface area is 192 Å². The van der Waals surface area contributed by atoms with Gasteiger partial charge in [0.25, 0.3) is 0 Å². The van der Waals surface area contributed by atoms with Gasteiger partial charge in [-0.3, -0.25) is 4.79 Å². The fraction of sp³-hybridized carbons (Fsp3) is 0.222. The van der Waals surface area contributed by atoms with Crippen LogP contribution in [0.25, 0.3) is 0 Å². The Morgan fingerprint density at radius 1 is 0.938 bits per heavy atom. The number of carbonyl (C=O) groups is 1. The fourth-order valence-electron chi connectivity index (χ4n) is 4.83. The quantitative estimate of drug-likeness (QED) is 0.367. The van der Waals surface area contributed by atoms with Gasteiger partial charge in [-0.25, -0.2) is 4.99 Å². The maximum atomic E-state index is 14.2. The Morgan fingerprint density at radius 2 is 1.59 bits per heavy atom. The van der Waals surface area contributed by atoms with Crippen LogP contribution in [0.5, 0.6) is 0 Å². The molecule has 32 heavy (non-hydrogen) atoms. The molecular formula is C27H24N2O2S. The number of rotatable bonds is 2. The molecule has 1 spiro atoms. The van der Waals surface area contributed by atoms with Gasteiger partial charge < -0.3 is 5.21 Å². The molecule has 3 aromatic carbocycles. The average Bonchev–Trinajstić information content (AvgIpc) is 3.12. The van der Waals surface area contributed by atoms with E-state index in [4.69, 9.17) is 4.99 Å². The standard InChI is InChI=1S/C27H24N2O2S/c1-17-7-11-20(12-8-17)23-25(29-31)32-26(28-21-13-9-18(2)10-14-21)27(23)16-15-19-5-3-4-6-22(19)24(27)30/h3-14,23,31H,15-16H2,1-2H3/b28-26?,29-25-/t23-,27-/m0/s1. The molecule has 1 heterocycles. The molecule has 0 radical (unpaired) electrons. The zero-order valence-corrected chi connectivity index (χ0v) is 18.9. The number of oxime groups is 1. The largest absolute Gasteiger partial charge is 0.410 e. The lowest BCUT2D eigenvalue weighted by Gasteiger charge is -2.37. The topological polar surface area (TPSA) is 62.0 Å². The van der Waals surface area contributed by atoms with Crippen LogP contribution >= 0.6 is 11.8 Å². The van der Waals surface area contributed by atoms with Crippen molar-refractivity contribution in [3.05, 3.63) is 101 Å². The Balaban J connectivity index is 1.73. The van der Waals surface area contributed by atoms with Crippen LogP contribution in [-0.4, -0.2) is 21.1 Å². The molecule has 0 unspecified atom stereocenters. The van der Waals surface area contributed by atoms with Crippen LogP contribution in [0.1, 0.15) is 45.0 Å². The molecule has 5 rings (SSSR count). The lowest BCUT2D eigenvalue weighted by atomic mass is 9.62. The van der Waals surface area contributed by atoms with E-state index in [1.165, 1.54) is 11.8 Å². The third-order valence-electron chi connectivity index (χ3n) is 6.55. The summed E-state index contributed by atoms with van der Waals surface area (Å²) in [6.07, 6.45) is 1.40. The van der Waals surface area contributed by atoms with Gasteiger partial charge in [0, 0.05) is 5.56 Å². The van der Waals surface area contributed by atoms with E-state index in [1.54, 1.807) is 0 Å². The number of hydrogen-bond acceptors (Lipinski definition) is 5. The lowest BCUT2D eigenvalue weighted by molar-refractivity contribution is 0.0843. The first kappa shape index (κ1) is 20.7. The summed E-state index contributed by atoms with van der Waals surface area (Å²) < 4.78 is 0. The first-order valence-corrected chi connectivity index (χ1v) is 11.6. The summed E-state index contributed by atoms with van der Waals surface area (Å²) in [5, 5.41) is 14.9. The molecule has 1 aliphatic carbocycles. The van der Waals surface area contributed by atoms with Crippen LogP contribution < -0.4 is 0 Å². The number of fused-ring (bicyclic) bond motifs is 1. The van der Waals surface area contributed by atoms with E-state index in [0.717, 1.165) is 39.9 Å². The molecule has 160 valence electrons. The number of Topliss-reactive ketones (excluding diaryl/α,β-unsaturated/α-hetero) is 1. The molecule has 1 aliphatic heterocycles. The van der Waals surface area contributed by atoms with Crippen LogP contribution in [-0.2, 0) is 6.42 Å². The highest BCUT2D eigenvalue weighted by Crippen LogP contribution is 2.57. The van der Waals surface area contributed by atoms with E-state index >= 15 is 0 Å². The van der Waals surface area contributed by atoms with E-state index in [-0.39, 0.29) is 11.7 Å². The predicted octanol–water partition coefficient (Wildman–Crippen LogP) is 6.47. The summed E-state index contributed by atoms with van der Waals surface area (Å²) in [6.45, 7) is 4.07. The average molecular weight is 441 g/mol. The van der Waals surface area contributed by atoms with E-state index < -0.39 is 5.41 Å². The minimum absolute atomic E-state index is 0.0573. The molecule has 1 fully saturated rings. The van der Waals surface area contributed by atoms with Crippen molar-refractivity contribution < 1.29 is 10.0 Å². The Hall–Kier alpha value is -3.18. The zero-order chi connectivity index (χ0) is 22.3. The summed E-state index contributed by atoms with van der Waals surface area (Å²) >= 11 is 1.33. The van der Waals surface area contributed by atoms with Crippen LogP contribution in [0.2, 0.25) is 0 Å². The number of nitrogens with zero attached hydrogens (tertiary/aromatic N) is 2. The molecule has 5 heteroatoms. The van der Waals surface area contributed by atoms with Gasteiger partial charge in [-0.1, -0.05) is 88.7 Å². The normalized spacial score (nSPS) is 24.9. The van der Waals surface area contributed by atoms with Crippen molar-refractivity contribution in [3.8, 4) is 0 Å². The summed E-state index contributed by atoms with van der Waals surface area (Å²) in [4.78, 5) is 19.1. The monoisotopic (exact) mass is 440 g/mol. The van der Waals surface area contributed by atoms with Gasteiger partial charge >= 0.3 is 0 Å². The summed E-state index contributed by atoms with van der Waals surface area (Å²) in [6, 6.07) is 24.0. The van der Waals surface area contributed by atoms with Gasteiger partial charge in [0.2, 0.25) is 0 Å². The van der Waals surface area contributed by atoms with Gasteiger partial charge in [0.15, 0.2) is 5.78 Å². The maximum Gasteiger partial charge on any atom is 0.176 e. The number of aryl methyl sites for hydroxylation is 3. The predicted molar refractivity (Wildman–Crippen MR) is 131 cm³/mol. The zero-order valence-electron chi connectivity index (χ0n) is 18.1. The van der Waals surface area contributed by atoms with Crippen LogP contribution in [0.3, 0.4) is 0 Å². The Bertz CT molecular complexity index is 1250. The third-order valence-corrected chi connectivity index (χ3v) is 7.73. The molecule has 0 aromatic heterocycles. The minimum atomic E-state index is -0.888. The first-order valence-electron chi connectivity index (χ1n) is 10.8. The van der Waals surface area contributed by atoms with Gasteiger partial charge in [-0.05, 0) is 49.9 Å². The van der Waals surface area contributed by atoms with Crippen molar-refractivity contribution in [2.24, 2.45) is 15.6 Å². The van der Waals surface area contributed by atoms with Crippen LogP contribution in [0.15, 0.2) is 82.9 Å². The highest BCUT2D eigenvalue weighted by atomic mass is 32.2. The molecule has 3 aromatic rings. The van der Waals surface area contributed by atoms with Crippen LogP contribution in [0.4, 0.5) is 5.69 Å². The van der Waals surface area contributed by atoms with Crippen LogP contribution in [0, 0.1) is 19.3 Å². The number of thioether (sulfide) groups is 1. The molecule has 2 atom stereocenters. The molecule has 2 aliphatic rings. The maximum absolute atomic E-state index is 14.2. The molecule has 1 saturated heterocycles. The molecule has 4 nitrogen and oxygen atoms in total. The number of ketones is 1. The number of aliphatic imine (C=N–C) groups is 1. The third kappa shape index (κ3) is 3.28. The molecule has 0 saturated carbocycles. The number of carbonyl (C=O) groups excluding carboxylic acids is 1. The highest BCUT2D eigenvalue weighted by Gasteiger charge is 2.59. The fourth-order valence-corrected chi connectivity index (χ4v) is 6.17. The highest BCUT2D eigenvalue weighted by molar-refractivity contribution is 8.27. The summed E-state index contributed by atoms with van der Waals surface area (Å²) in [5.41, 5.74) is 4.99. The SMILES string of the molecule is Cc1ccc(N=C2S/C(=N\O)[C@H](c3ccc(C)cc3)[C@]23CCc2ccccc2C3=O)cc1. The summed E-state index contributed by atoms with van der Waals surface area (Å²) in [7, 11) is 0. The molecule has 0 amide bonds. The molecular weight excluding hydrogens is 416 g/mol. The van der Waals surface area contributed by atoms with Crippen molar-refractivity contribution in [2.75, 3.05) is 0 Å². The second-order valence-electron chi connectivity index (χ2n) is 8.59. The Morgan fingerprint density at radius 3 is 2.28 bits per heavy atom. The molecule has 1 N–H and O–H groups in total. The summed E-state index contributed by atoms with van der Waals surface area (Å²) in [5.74, 6) is -0.315. The van der Waals surface area contributed by atoms with E-state index in [9.17, 15) is 10.0 Å².